The van der Waals surface area contributed by atoms with Gasteiger partial charge >= 0.3 is 5.97 Å². The Balaban J connectivity index is 2.94. The quantitative estimate of drug-likeness (QED) is 0.677. The summed E-state index contributed by atoms with van der Waals surface area (Å²) < 4.78 is 0. The number of anilines is 1. The highest BCUT2D eigenvalue weighted by molar-refractivity contribution is 7.21. The predicted octanol–water partition coefficient (Wildman–Crippen LogP) is 1.18. The van der Waals surface area contributed by atoms with Crippen molar-refractivity contribution in [2.45, 2.75) is 6.92 Å². The zero-order valence-corrected chi connectivity index (χ0v) is 8.64. The van der Waals surface area contributed by atoms with Crippen LogP contribution in [-0.4, -0.2) is 16.1 Å². The number of nitrogens with one attached hydrogen (secondary N) is 1. The predicted molar refractivity (Wildman–Crippen MR) is 58.6 cm³/mol. The fourth-order valence-corrected chi connectivity index (χ4v) is 2.53. The second kappa shape index (κ2) is 3.09. The Labute approximate surface area is 88.2 Å². The molecule has 2 aromatic rings. The van der Waals surface area contributed by atoms with Crippen molar-refractivity contribution in [2.24, 2.45) is 0 Å². The lowest BCUT2D eigenvalue weighted by Crippen LogP contribution is -2.03. The molecule has 0 bridgehead atoms. The minimum Gasteiger partial charge on any atom is -0.477 e. The maximum Gasteiger partial charge on any atom is 0.348 e. The number of nitrogen functional groups attached to an aromatic ring is 1. The first-order valence-corrected chi connectivity index (χ1v) is 4.97. The molecule has 0 aliphatic carbocycles. The zero-order valence-electron chi connectivity index (χ0n) is 7.83. The molecule has 15 heavy (non-hydrogen) atoms. The Morgan fingerprint density at radius 2 is 2.27 bits per heavy atom. The summed E-state index contributed by atoms with van der Waals surface area (Å²) >= 11 is 0.980. The van der Waals surface area contributed by atoms with E-state index in [2.05, 4.69) is 4.98 Å². The number of thiophene rings is 1. The second-order valence-electron chi connectivity index (χ2n) is 3.17. The average molecular weight is 224 g/mol. The summed E-state index contributed by atoms with van der Waals surface area (Å²) in [6.45, 7) is 1.73. The largest absolute Gasteiger partial charge is 0.477 e. The van der Waals surface area contributed by atoms with E-state index in [9.17, 15) is 9.59 Å². The molecular weight excluding hydrogens is 216 g/mol. The first kappa shape index (κ1) is 9.72. The van der Waals surface area contributed by atoms with Gasteiger partial charge in [-0.15, -0.1) is 11.3 Å². The van der Waals surface area contributed by atoms with Gasteiger partial charge in [0.2, 0.25) is 5.56 Å². The highest BCUT2D eigenvalue weighted by Crippen LogP contribution is 2.33. The Hall–Kier alpha value is -1.82. The summed E-state index contributed by atoms with van der Waals surface area (Å²) in [5.41, 5.74) is 6.36. The van der Waals surface area contributed by atoms with Gasteiger partial charge in [0, 0.05) is 11.5 Å². The summed E-state index contributed by atoms with van der Waals surface area (Å²) in [7, 11) is 0. The smallest absolute Gasteiger partial charge is 0.348 e. The standard InChI is InChI=1S/C9H8N2O3S/c1-3-2-4(12)11-8-5(3)6(10)7(15-8)9(13)14/h2H,10H2,1H3,(H,11,12)(H,13,14). The molecule has 0 saturated heterocycles. The number of nitrogens with two attached hydrogens (primary N) is 1. The van der Waals surface area contributed by atoms with Crippen LogP contribution in [0.5, 0.6) is 0 Å². The summed E-state index contributed by atoms with van der Waals surface area (Å²) in [5.74, 6) is -1.08. The maximum absolute atomic E-state index is 11.2. The van der Waals surface area contributed by atoms with Gasteiger partial charge in [-0.2, -0.15) is 0 Å². The number of pyridine rings is 1. The SMILES string of the molecule is Cc1cc(=O)[nH]c2sc(C(=O)O)c(N)c12. The van der Waals surface area contributed by atoms with E-state index in [-0.39, 0.29) is 16.1 Å². The van der Waals surface area contributed by atoms with E-state index in [1.165, 1.54) is 6.07 Å². The van der Waals surface area contributed by atoms with Crippen molar-refractivity contribution in [3.63, 3.8) is 0 Å². The lowest BCUT2D eigenvalue weighted by Gasteiger charge is -1.96. The van der Waals surface area contributed by atoms with Gasteiger partial charge in [0.05, 0.1) is 5.69 Å². The van der Waals surface area contributed by atoms with Gasteiger partial charge in [-0.3, -0.25) is 4.79 Å². The monoisotopic (exact) mass is 224 g/mol. The van der Waals surface area contributed by atoms with Crippen LogP contribution in [0.4, 0.5) is 5.69 Å². The minimum absolute atomic E-state index is 0.0648. The topological polar surface area (TPSA) is 96.2 Å². The van der Waals surface area contributed by atoms with Crippen LogP contribution in [0.25, 0.3) is 10.2 Å². The zero-order chi connectivity index (χ0) is 11.2. The van der Waals surface area contributed by atoms with Crippen molar-refractivity contribution >= 4 is 33.2 Å². The lowest BCUT2D eigenvalue weighted by atomic mass is 10.2. The van der Waals surface area contributed by atoms with Crippen molar-refractivity contribution < 1.29 is 9.90 Å². The number of fused-ring (bicyclic) bond motifs is 1. The number of aromatic amines is 1. The Morgan fingerprint density at radius 3 is 2.87 bits per heavy atom. The van der Waals surface area contributed by atoms with Crippen LogP contribution < -0.4 is 11.3 Å². The summed E-state index contributed by atoms with van der Waals surface area (Å²) in [6.07, 6.45) is 0. The number of hydrogen-bond donors (Lipinski definition) is 3. The van der Waals surface area contributed by atoms with Gasteiger partial charge in [-0.25, -0.2) is 4.79 Å². The molecule has 0 unspecified atom stereocenters. The number of aryl methyl sites for hydroxylation is 1. The Kier molecular flexibility index (Phi) is 2.01. The molecule has 0 amide bonds. The number of carboxylic acid groups (broad SMARTS) is 1. The van der Waals surface area contributed by atoms with Gasteiger partial charge in [-0.1, -0.05) is 0 Å². The normalized spacial score (nSPS) is 10.7. The van der Waals surface area contributed by atoms with Crippen molar-refractivity contribution in [2.75, 3.05) is 5.73 Å². The Morgan fingerprint density at radius 1 is 1.60 bits per heavy atom. The van der Waals surface area contributed by atoms with Crippen LogP contribution in [0.2, 0.25) is 0 Å². The van der Waals surface area contributed by atoms with Gasteiger partial charge < -0.3 is 15.8 Å². The first-order chi connectivity index (χ1) is 7.00. The fourth-order valence-electron chi connectivity index (χ4n) is 1.50. The molecule has 5 nitrogen and oxygen atoms in total. The van der Waals surface area contributed by atoms with E-state index in [1.807, 2.05) is 0 Å². The number of H-pyrrole nitrogens is 1. The molecule has 0 saturated carbocycles. The third kappa shape index (κ3) is 1.39. The van der Waals surface area contributed by atoms with E-state index in [1.54, 1.807) is 6.92 Å². The van der Waals surface area contributed by atoms with Gasteiger partial charge in [0.15, 0.2) is 0 Å². The molecule has 4 N–H and O–H groups in total. The molecule has 2 aromatic heterocycles. The molecular formula is C9H8N2O3S. The number of hydrogen-bond acceptors (Lipinski definition) is 4. The van der Waals surface area contributed by atoms with E-state index in [0.29, 0.717) is 15.8 Å². The molecule has 0 atom stereocenters. The van der Waals surface area contributed by atoms with Crippen LogP contribution in [0.1, 0.15) is 15.2 Å². The highest BCUT2D eigenvalue weighted by atomic mass is 32.1. The molecule has 0 aliphatic heterocycles. The van der Waals surface area contributed by atoms with Crippen LogP contribution in [-0.2, 0) is 0 Å². The van der Waals surface area contributed by atoms with E-state index in [0.717, 1.165) is 11.3 Å². The number of carboxylic acids is 1. The molecule has 2 rings (SSSR count). The molecule has 0 aromatic carbocycles. The number of rotatable bonds is 1. The number of carbonyl (C=O) groups is 1. The van der Waals surface area contributed by atoms with Crippen molar-refractivity contribution in [3.8, 4) is 0 Å². The van der Waals surface area contributed by atoms with E-state index >= 15 is 0 Å². The van der Waals surface area contributed by atoms with Gasteiger partial charge in [-0.05, 0) is 12.5 Å². The second-order valence-corrected chi connectivity index (χ2v) is 4.19. The molecule has 6 heteroatoms. The van der Waals surface area contributed by atoms with Crippen LogP contribution in [0, 0.1) is 6.92 Å². The first-order valence-electron chi connectivity index (χ1n) is 4.16. The van der Waals surface area contributed by atoms with Crippen LogP contribution in [0.3, 0.4) is 0 Å². The summed E-state index contributed by atoms with van der Waals surface area (Å²) in [4.78, 5) is 25.1. The molecule has 78 valence electrons. The average Bonchev–Trinajstić information content (AvgIpc) is 2.42. The molecule has 2 heterocycles. The minimum atomic E-state index is -1.08. The summed E-state index contributed by atoms with van der Waals surface area (Å²) in [6, 6.07) is 1.40. The molecule has 0 radical (unpaired) electrons. The fraction of sp³-hybridized carbons (Fsp3) is 0.111. The Bertz CT molecular complexity index is 612. The van der Waals surface area contributed by atoms with Gasteiger partial charge in [0.25, 0.3) is 0 Å². The molecule has 0 spiro atoms. The third-order valence-electron chi connectivity index (χ3n) is 2.12. The lowest BCUT2D eigenvalue weighted by molar-refractivity contribution is 0.0703. The molecule has 0 fully saturated rings. The molecule has 0 aliphatic rings. The van der Waals surface area contributed by atoms with Crippen molar-refractivity contribution in [1.29, 1.82) is 0 Å². The third-order valence-corrected chi connectivity index (χ3v) is 3.23. The van der Waals surface area contributed by atoms with E-state index < -0.39 is 5.97 Å². The maximum atomic E-state index is 11.2. The van der Waals surface area contributed by atoms with Crippen molar-refractivity contribution in [1.82, 2.24) is 4.98 Å². The van der Waals surface area contributed by atoms with Crippen LogP contribution >= 0.6 is 11.3 Å². The van der Waals surface area contributed by atoms with E-state index in [4.69, 9.17) is 10.8 Å². The van der Waals surface area contributed by atoms with Gasteiger partial charge in [0.1, 0.15) is 9.71 Å². The van der Waals surface area contributed by atoms with Crippen LogP contribution in [0.15, 0.2) is 10.9 Å². The van der Waals surface area contributed by atoms with Crippen molar-refractivity contribution in [3.05, 3.63) is 26.9 Å². The summed E-state index contributed by atoms with van der Waals surface area (Å²) in [5, 5.41) is 9.49. The highest BCUT2D eigenvalue weighted by Gasteiger charge is 2.17. The number of aromatic nitrogens is 1. The number of aromatic carboxylic acids is 1.